The molecule has 6 N–H and O–H groups in total. The third-order valence-corrected chi connectivity index (χ3v) is 5.26. The molecule has 0 atom stereocenters. The Hall–Kier alpha value is -1.50. The van der Waals surface area contributed by atoms with Gasteiger partial charge in [0, 0.05) is 39.5 Å². The van der Waals surface area contributed by atoms with Gasteiger partial charge in [-0.25, -0.2) is 0 Å². The van der Waals surface area contributed by atoms with Crippen LogP contribution < -0.4 is 22.1 Å². The summed E-state index contributed by atoms with van der Waals surface area (Å²) in [6.45, 7) is 10.0. The summed E-state index contributed by atoms with van der Waals surface area (Å²) in [5, 5.41) is 5.54. The fourth-order valence-electron chi connectivity index (χ4n) is 3.03. The van der Waals surface area contributed by atoms with Gasteiger partial charge in [-0.15, -0.1) is 0 Å². The summed E-state index contributed by atoms with van der Waals surface area (Å²) in [4.78, 5) is 23.5. The van der Waals surface area contributed by atoms with Crippen LogP contribution in [-0.4, -0.2) is 157 Å². The van der Waals surface area contributed by atoms with E-state index in [1.807, 2.05) is 0 Å². The van der Waals surface area contributed by atoms with Crippen LogP contribution in [0.5, 0.6) is 0 Å². The second-order valence-electron chi connectivity index (χ2n) is 9.08. The molecule has 0 bridgehead atoms. The van der Waals surface area contributed by atoms with Crippen LogP contribution in [0, 0.1) is 0 Å². The van der Waals surface area contributed by atoms with Crippen molar-refractivity contribution in [2.45, 2.75) is 25.7 Å². The molecule has 0 spiro atoms. The Morgan fingerprint density at radius 1 is 0.372 bits per heavy atom. The summed E-state index contributed by atoms with van der Waals surface area (Å²) in [5.41, 5.74) is 10.8. The number of ether oxygens (including phenoxy) is 9. The van der Waals surface area contributed by atoms with Gasteiger partial charge < -0.3 is 64.7 Å². The highest BCUT2D eigenvalue weighted by molar-refractivity contribution is 5.77. The monoisotopic (exact) mass is 626 g/mol. The van der Waals surface area contributed by atoms with Gasteiger partial charge in [0.15, 0.2) is 0 Å². The van der Waals surface area contributed by atoms with Crippen molar-refractivity contribution in [1.29, 1.82) is 0 Å². The van der Waals surface area contributed by atoms with E-state index in [2.05, 4.69) is 10.6 Å². The predicted octanol–water partition coefficient (Wildman–Crippen LogP) is -1.15. The lowest BCUT2D eigenvalue weighted by Gasteiger charge is -2.09. The van der Waals surface area contributed by atoms with Crippen molar-refractivity contribution < 1.29 is 52.2 Å². The molecule has 0 aliphatic heterocycles. The third-order valence-electron chi connectivity index (χ3n) is 5.26. The molecule has 15 heteroatoms. The molecular formula is C28H58N4O11. The first-order valence-electron chi connectivity index (χ1n) is 15.3. The molecule has 0 unspecified atom stereocenters. The van der Waals surface area contributed by atoms with E-state index in [9.17, 15) is 9.59 Å². The molecule has 0 aliphatic carbocycles. The average Bonchev–Trinajstić information content (AvgIpc) is 3.01. The fraction of sp³-hybridized carbons (Fsp3) is 0.929. The summed E-state index contributed by atoms with van der Waals surface area (Å²) >= 11 is 0. The van der Waals surface area contributed by atoms with Crippen LogP contribution in [0.3, 0.4) is 0 Å². The van der Waals surface area contributed by atoms with Gasteiger partial charge in [0.2, 0.25) is 11.8 Å². The topological polar surface area (TPSA) is 193 Å². The summed E-state index contributed by atoms with van der Waals surface area (Å²) in [6, 6.07) is 0. The molecule has 0 aromatic rings. The minimum Gasteiger partial charge on any atom is -0.379 e. The first-order valence-corrected chi connectivity index (χ1v) is 15.3. The highest BCUT2D eigenvalue weighted by Crippen LogP contribution is 1.88. The van der Waals surface area contributed by atoms with Crippen LogP contribution in [0.4, 0.5) is 0 Å². The standard InChI is InChI=1S/C28H58N4O11/c29-5-1-9-35-13-17-39-19-15-37-11-3-7-31-27(33)25-42-23-21-41-22-24-43-26-28(34)32-8-4-12-38-16-20-40-18-14-36-10-2-6-30/h1-26,29-30H2,(H,31,33)(H,32,34). The molecular weight excluding hydrogens is 568 g/mol. The van der Waals surface area contributed by atoms with Gasteiger partial charge >= 0.3 is 0 Å². The summed E-state index contributed by atoms with van der Waals surface area (Å²) < 4.78 is 48.3. The molecule has 0 saturated heterocycles. The Kier molecular flexibility index (Phi) is 35.4. The molecule has 0 fully saturated rings. The van der Waals surface area contributed by atoms with Crippen molar-refractivity contribution in [2.24, 2.45) is 11.5 Å². The minimum atomic E-state index is -0.191. The van der Waals surface area contributed by atoms with E-state index in [1.165, 1.54) is 0 Å². The molecule has 0 aromatic carbocycles. The number of carbonyl (C=O) groups excluding carboxylic acids is 2. The SMILES string of the molecule is NCCCOCCOCCOCCCNC(=O)COCCOCCOCC(=O)NCCCOCCOCCOCCCN. The zero-order chi connectivity index (χ0) is 31.3. The number of rotatable bonds is 36. The van der Waals surface area contributed by atoms with Gasteiger partial charge in [-0.1, -0.05) is 0 Å². The van der Waals surface area contributed by atoms with Crippen molar-refractivity contribution in [3.8, 4) is 0 Å². The molecule has 0 aromatic heterocycles. The van der Waals surface area contributed by atoms with Crippen molar-refractivity contribution >= 4 is 11.8 Å². The van der Waals surface area contributed by atoms with Gasteiger partial charge in [0.1, 0.15) is 13.2 Å². The van der Waals surface area contributed by atoms with Crippen LogP contribution in [0.1, 0.15) is 25.7 Å². The van der Waals surface area contributed by atoms with Gasteiger partial charge in [0.25, 0.3) is 0 Å². The number of carbonyl (C=O) groups is 2. The number of hydrogen-bond donors (Lipinski definition) is 4. The number of nitrogens with one attached hydrogen (secondary N) is 2. The molecule has 0 radical (unpaired) electrons. The Labute approximate surface area is 257 Å². The highest BCUT2D eigenvalue weighted by atomic mass is 16.6. The van der Waals surface area contributed by atoms with Crippen molar-refractivity contribution in [3.05, 3.63) is 0 Å². The molecule has 256 valence electrons. The Balaban J connectivity index is 3.24. The zero-order valence-corrected chi connectivity index (χ0v) is 26.0. The first-order chi connectivity index (χ1) is 21.2. The quantitative estimate of drug-likeness (QED) is 0.0610. The molecule has 43 heavy (non-hydrogen) atoms. The zero-order valence-electron chi connectivity index (χ0n) is 26.0. The number of nitrogens with two attached hydrogens (primary N) is 2. The minimum absolute atomic E-state index is 0.0354. The van der Waals surface area contributed by atoms with Gasteiger partial charge in [-0.3, -0.25) is 9.59 Å². The van der Waals surface area contributed by atoms with E-state index >= 15 is 0 Å². The van der Waals surface area contributed by atoms with Crippen molar-refractivity contribution in [1.82, 2.24) is 10.6 Å². The lowest BCUT2D eigenvalue weighted by molar-refractivity contribution is -0.126. The normalized spacial score (nSPS) is 11.2. The summed E-state index contributed by atoms with van der Waals surface area (Å²) in [5.74, 6) is -0.382. The van der Waals surface area contributed by atoms with Crippen LogP contribution in [0.25, 0.3) is 0 Å². The lowest BCUT2D eigenvalue weighted by atomic mass is 10.4. The lowest BCUT2D eigenvalue weighted by Crippen LogP contribution is -2.30. The van der Waals surface area contributed by atoms with Crippen LogP contribution in [0.2, 0.25) is 0 Å². The summed E-state index contributed by atoms with van der Waals surface area (Å²) in [7, 11) is 0. The van der Waals surface area contributed by atoms with E-state index in [0.29, 0.717) is 132 Å². The molecule has 2 amide bonds. The molecule has 0 rings (SSSR count). The Morgan fingerprint density at radius 3 is 0.930 bits per heavy atom. The van der Waals surface area contributed by atoms with E-state index in [0.717, 1.165) is 12.8 Å². The second-order valence-corrected chi connectivity index (χ2v) is 9.08. The molecule has 0 heterocycles. The average molecular weight is 627 g/mol. The predicted molar refractivity (Wildman–Crippen MR) is 160 cm³/mol. The molecule has 0 aliphatic rings. The van der Waals surface area contributed by atoms with Crippen molar-refractivity contribution in [3.63, 3.8) is 0 Å². The third kappa shape index (κ3) is 36.6. The Morgan fingerprint density at radius 2 is 0.628 bits per heavy atom. The van der Waals surface area contributed by atoms with Gasteiger partial charge in [-0.2, -0.15) is 0 Å². The van der Waals surface area contributed by atoms with E-state index in [-0.39, 0.29) is 38.2 Å². The maximum atomic E-state index is 11.8. The van der Waals surface area contributed by atoms with Gasteiger partial charge in [-0.05, 0) is 38.8 Å². The second kappa shape index (κ2) is 36.7. The largest absolute Gasteiger partial charge is 0.379 e. The van der Waals surface area contributed by atoms with E-state index < -0.39 is 0 Å². The number of hydrogen-bond acceptors (Lipinski definition) is 13. The number of amides is 2. The first kappa shape index (κ1) is 41.5. The maximum Gasteiger partial charge on any atom is 0.246 e. The van der Waals surface area contributed by atoms with E-state index in [4.69, 9.17) is 54.1 Å². The van der Waals surface area contributed by atoms with Crippen LogP contribution in [0.15, 0.2) is 0 Å². The van der Waals surface area contributed by atoms with Crippen LogP contribution in [-0.2, 0) is 52.2 Å². The summed E-state index contributed by atoms with van der Waals surface area (Å²) in [6.07, 6.45) is 3.11. The maximum absolute atomic E-state index is 11.8. The van der Waals surface area contributed by atoms with Crippen molar-refractivity contribution in [2.75, 3.05) is 145 Å². The smallest absolute Gasteiger partial charge is 0.246 e. The van der Waals surface area contributed by atoms with Crippen LogP contribution >= 0.6 is 0 Å². The fourth-order valence-corrected chi connectivity index (χ4v) is 3.03. The Bertz CT molecular complexity index is 547. The van der Waals surface area contributed by atoms with Gasteiger partial charge in [0.05, 0.1) is 79.3 Å². The van der Waals surface area contributed by atoms with E-state index in [1.54, 1.807) is 0 Å². The molecule has 15 nitrogen and oxygen atoms in total. The molecule has 0 saturated carbocycles. The highest BCUT2D eigenvalue weighted by Gasteiger charge is 2.03.